The van der Waals surface area contributed by atoms with Crippen LogP contribution in [-0.4, -0.2) is 20.4 Å². The topological polar surface area (TPSA) is 105 Å². The molecule has 0 spiro atoms. The van der Waals surface area contributed by atoms with E-state index in [4.69, 9.17) is 10.00 Å². The summed E-state index contributed by atoms with van der Waals surface area (Å²) < 4.78 is 7.04. The van der Waals surface area contributed by atoms with Gasteiger partial charge in [-0.3, -0.25) is 0 Å². The van der Waals surface area contributed by atoms with E-state index in [1.807, 2.05) is 19.1 Å². The molecule has 0 aliphatic carbocycles. The number of rotatable bonds is 7. The number of nitrogens with zero attached hydrogens (tertiary/aromatic N) is 4. The summed E-state index contributed by atoms with van der Waals surface area (Å²) in [6, 6.07) is 9.35. The van der Waals surface area contributed by atoms with Gasteiger partial charge in [0, 0.05) is 11.9 Å². The van der Waals surface area contributed by atoms with Crippen LogP contribution >= 0.6 is 11.3 Å². The molecule has 0 saturated carbocycles. The van der Waals surface area contributed by atoms with Crippen molar-refractivity contribution in [1.29, 1.82) is 5.26 Å². The SMILES string of the molecule is CCC(C#N)Oc1cccc(CNc2nc3sccn3c2[N+](=O)[O-])c1. The van der Waals surface area contributed by atoms with Crippen LogP contribution < -0.4 is 10.1 Å². The third-order valence-corrected chi connectivity index (χ3v) is 4.32. The Labute approximate surface area is 147 Å². The van der Waals surface area contributed by atoms with Gasteiger partial charge in [0.2, 0.25) is 5.82 Å². The Hall–Kier alpha value is -3.12. The van der Waals surface area contributed by atoms with Gasteiger partial charge in [0.1, 0.15) is 18.0 Å². The molecule has 0 saturated heterocycles. The monoisotopic (exact) mass is 357 g/mol. The second-order valence-electron chi connectivity index (χ2n) is 5.24. The fourth-order valence-electron chi connectivity index (χ4n) is 2.35. The van der Waals surface area contributed by atoms with E-state index in [-0.39, 0.29) is 11.6 Å². The maximum Gasteiger partial charge on any atom is 0.372 e. The van der Waals surface area contributed by atoms with Gasteiger partial charge in [0.25, 0.3) is 4.96 Å². The van der Waals surface area contributed by atoms with Crippen molar-refractivity contribution in [3.8, 4) is 11.8 Å². The zero-order valence-electron chi connectivity index (χ0n) is 13.4. The van der Waals surface area contributed by atoms with Crippen LogP contribution in [0.5, 0.6) is 5.75 Å². The van der Waals surface area contributed by atoms with Crippen LogP contribution in [0.3, 0.4) is 0 Å². The molecule has 9 heteroatoms. The fourth-order valence-corrected chi connectivity index (χ4v) is 3.06. The molecule has 3 aromatic rings. The molecule has 0 fully saturated rings. The Bertz CT molecular complexity index is 943. The highest BCUT2D eigenvalue weighted by molar-refractivity contribution is 7.15. The van der Waals surface area contributed by atoms with E-state index in [1.165, 1.54) is 15.7 Å². The molecule has 8 nitrogen and oxygen atoms in total. The molecule has 1 N–H and O–H groups in total. The van der Waals surface area contributed by atoms with Crippen LogP contribution in [0.4, 0.5) is 11.6 Å². The Morgan fingerprint density at radius 3 is 3.12 bits per heavy atom. The Kier molecular flexibility index (Phi) is 4.81. The summed E-state index contributed by atoms with van der Waals surface area (Å²) in [5.41, 5.74) is 0.871. The third kappa shape index (κ3) is 3.54. The van der Waals surface area contributed by atoms with Crippen molar-refractivity contribution in [2.75, 3.05) is 5.32 Å². The van der Waals surface area contributed by atoms with E-state index in [0.29, 0.717) is 23.7 Å². The molecule has 1 aromatic carbocycles. The lowest BCUT2D eigenvalue weighted by atomic mass is 10.2. The molecule has 0 radical (unpaired) electrons. The molecular formula is C16H15N5O3S. The molecule has 25 heavy (non-hydrogen) atoms. The van der Waals surface area contributed by atoms with Crippen molar-refractivity contribution in [3.05, 3.63) is 51.5 Å². The van der Waals surface area contributed by atoms with E-state index < -0.39 is 11.0 Å². The van der Waals surface area contributed by atoms with Gasteiger partial charge in [-0.1, -0.05) is 30.4 Å². The highest BCUT2D eigenvalue weighted by Gasteiger charge is 2.23. The lowest BCUT2D eigenvalue weighted by molar-refractivity contribution is -0.389. The first-order valence-electron chi connectivity index (χ1n) is 7.61. The minimum Gasteiger partial charge on any atom is -0.476 e. The van der Waals surface area contributed by atoms with Gasteiger partial charge in [-0.15, -0.1) is 0 Å². The number of nitriles is 1. The number of imidazole rings is 1. The number of nitrogens with one attached hydrogen (secondary N) is 1. The number of hydrogen-bond acceptors (Lipinski definition) is 7. The molecule has 1 atom stereocenters. The summed E-state index contributed by atoms with van der Waals surface area (Å²) >= 11 is 1.33. The molecule has 0 bridgehead atoms. The molecule has 0 aliphatic heterocycles. The first kappa shape index (κ1) is 16.7. The number of ether oxygens (including phenoxy) is 1. The fraction of sp³-hybridized carbons (Fsp3) is 0.250. The lowest BCUT2D eigenvalue weighted by Gasteiger charge is -2.11. The van der Waals surface area contributed by atoms with Crippen LogP contribution in [0, 0.1) is 21.4 Å². The molecule has 1 unspecified atom stereocenters. The quantitative estimate of drug-likeness (QED) is 0.511. The summed E-state index contributed by atoms with van der Waals surface area (Å²) in [7, 11) is 0. The van der Waals surface area contributed by atoms with Gasteiger partial charge in [-0.05, 0) is 29.0 Å². The first-order chi connectivity index (χ1) is 12.1. The van der Waals surface area contributed by atoms with Gasteiger partial charge in [0.15, 0.2) is 6.10 Å². The van der Waals surface area contributed by atoms with Gasteiger partial charge >= 0.3 is 5.82 Å². The van der Waals surface area contributed by atoms with Crippen LogP contribution in [0.15, 0.2) is 35.8 Å². The smallest absolute Gasteiger partial charge is 0.372 e. The van der Waals surface area contributed by atoms with Crippen molar-refractivity contribution in [2.24, 2.45) is 0 Å². The maximum absolute atomic E-state index is 11.3. The zero-order valence-corrected chi connectivity index (χ0v) is 14.2. The Morgan fingerprint density at radius 1 is 1.56 bits per heavy atom. The number of hydrogen-bond donors (Lipinski definition) is 1. The predicted molar refractivity (Wildman–Crippen MR) is 93.8 cm³/mol. The van der Waals surface area contributed by atoms with Gasteiger partial charge in [0.05, 0.1) is 0 Å². The number of nitro groups is 1. The average Bonchev–Trinajstić information content (AvgIpc) is 3.18. The normalized spacial score (nSPS) is 11.8. The van der Waals surface area contributed by atoms with Gasteiger partial charge in [-0.25, -0.2) is 0 Å². The van der Waals surface area contributed by atoms with Crippen molar-refractivity contribution < 1.29 is 9.66 Å². The standard InChI is InChI=1S/C16H15N5O3S/c1-2-12(9-17)24-13-5-3-4-11(8-13)10-18-14-15(21(22)23)20-6-7-25-16(20)19-14/h3-8,12,18H,2,10H2,1H3. The largest absolute Gasteiger partial charge is 0.476 e. The maximum atomic E-state index is 11.3. The van der Waals surface area contributed by atoms with E-state index in [9.17, 15) is 10.1 Å². The van der Waals surface area contributed by atoms with Crippen LogP contribution in [0.2, 0.25) is 0 Å². The van der Waals surface area contributed by atoms with E-state index in [0.717, 1.165) is 5.56 Å². The van der Waals surface area contributed by atoms with E-state index in [1.54, 1.807) is 23.7 Å². The second-order valence-corrected chi connectivity index (χ2v) is 6.11. The van der Waals surface area contributed by atoms with E-state index in [2.05, 4.69) is 16.4 Å². The van der Waals surface area contributed by atoms with Crippen LogP contribution in [0.1, 0.15) is 18.9 Å². The molecule has 0 amide bonds. The van der Waals surface area contributed by atoms with Crippen molar-refractivity contribution >= 4 is 27.9 Å². The number of fused-ring (bicyclic) bond motifs is 1. The summed E-state index contributed by atoms with van der Waals surface area (Å²) in [5, 5.41) is 25.0. The number of thiazole rings is 1. The zero-order chi connectivity index (χ0) is 17.8. The third-order valence-electron chi connectivity index (χ3n) is 3.56. The van der Waals surface area contributed by atoms with E-state index >= 15 is 0 Å². The minimum atomic E-state index is -0.496. The number of anilines is 1. The van der Waals surface area contributed by atoms with Crippen molar-refractivity contribution in [3.63, 3.8) is 0 Å². The first-order valence-corrected chi connectivity index (χ1v) is 8.49. The molecule has 2 aromatic heterocycles. The van der Waals surface area contributed by atoms with Crippen LogP contribution in [-0.2, 0) is 6.54 Å². The minimum absolute atomic E-state index is 0.0841. The molecular weight excluding hydrogens is 342 g/mol. The second kappa shape index (κ2) is 7.19. The van der Waals surface area contributed by atoms with Crippen LogP contribution in [0.25, 0.3) is 4.96 Å². The van der Waals surface area contributed by atoms with Crippen molar-refractivity contribution in [2.45, 2.75) is 26.0 Å². The summed E-state index contributed by atoms with van der Waals surface area (Å²) in [6.45, 7) is 2.23. The highest BCUT2D eigenvalue weighted by atomic mass is 32.1. The molecule has 128 valence electrons. The highest BCUT2D eigenvalue weighted by Crippen LogP contribution is 2.28. The summed E-state index contributed by atoms with van der Waals surface area (Å²) in [6.07, 6.45) is 1.72. The average molecular weight is 357 g/mol. The predicted octanol–water partition coefficient (Wildman–Crippen LogP) is 3.60. The summed E-state index contributed by atoms with van der Waals surface area (Å²) in [4.78, 5) is 15.7. The molecule has 0 aliphatic rings. The molecule has 3 rings (SSSR count). The number of benzene rings is 1. The van der Waals surface area contributed by atoms with Gasteiger partial charge in [-0.2, -0.15) is 14.6 Å². The van der Waals surface area contributed by atoms with Gasteiger partial charge < -0.3 is 20.2 Å². The Morgan fingerprint density at radius 2 is 2.40 bits per heavy atom. The molecule has 2 heterocycles. The van der Waals surface area contributed by atoms with Crippen molar-refractivity contribution in [1.82, 2.24) is 9.38 Å². The Balaban J connectivity index is 1.76. The number of aromatic nitrogens is 2. The summed E-state index contributed by atoms with van der Waals surface area (Å²) in [5.74, 6) is 0.735. The lowest BCUT2D eigenvalue weighted by Crippen LogP contribution is -2.12.